The lowest BCUT2D eigenvalue weighted by Crippen LogP contribution is -2.40. The first-order valence-corrected chi connectivity index (χ1v) is 9.21. The van der Waals surface area contributed by atoms with E-state index in [9.17, 15) is 9.18 Å². The lowest BCUT2D eigenvalue weighted by Gasteiger charge is -2.32. The van der Waals surface area contributed by atoms with Crippen molar-refractivity contribution in [3.63, 3.8) is 0 Å². The summed E-state index contributed by atoms with van der Waals surface area (Å²) in [5.41, 5.74) is 3.79. The number of halogens is 1. The van der Waals surface area contributed by atoms with E-state index in [0.717, 1.165) is 29.5 Å². The Morgan fingerprint density at radius 1 is 1.04 bits per heavy atom. The number of amides is 1. The summed E-state index contributed by atoms with van der Waals surface area (Å²) < 4.78 is 18.8. The Hall–Kier alpha value is -2.69. The normalized spacial score (nSPS) is 14.8. The molecule has 1 aliphatic rings. The molecule has 1 aromatic heterocycles. The smallest absolute Gasteiger partial charge is 0.410 e. The maximum absolute atomic E-state index is 13.3. The molecule has 0 bridgehead atoms. The molecule has 0 radical (unpaired) electrons. The molecule has 1 aromatic carbocycles. The summed E-state index contributed by atoms with van der Waals surface area (Å²) in [5.74, 6) is -0.490. The Morgan fingerprint density at radius 3 is 2.26 bits per heavy atom. The molecular formula is C22H25FN2O2. The molecule has 0 spiro atoms. The van der Waals surface area contributed by atoms with Crippen molar-refractivity contribution in [1.29, 1.82) is 0 Å². The molecule has 5 heteroatoms. The first kappa shape index (κ1) is 19.1. The van der Waals surface area contributed by atoms with Crippen molar-refractivity contribution in [2.24, 2.45) is 0 Å². The summed E-state index contributed by atoms with van der Waals surface area (Å²) in [6.45, 7) is 6.82. The first-order chi connectivity index (χ1) is 12.8. The molecule has 0 atom stereocenters. The van der Waals surface area contributed by atoms with Gasteiger partial charge in [0, 0.05) is 24.8 Å². The number of likely N-dealkylation sites (tertiary alicyclic amines) is 1. The van der Waals surface area contributed by atoms with Crippen LogP contribution in [-0.4, -0.2) is 34.7 Å². The Balaban J connectivity index is 1.86. The van der Waals surface area contributed by atoms with E-state index >= 15 is 0 Å². The van der Waals surface area contributed by atoms with Gasteiger partial charge in [0.25, 0.3) is 0 Å². The van der Waals surface area contributed by atoms with Crippen LogP contribution in [0.4, 0.5) is 9.18 Å². The number of pyridine rings is 1. The molecule has 0 unspecified atom stereocenters. The van der Waals surface area contributed by atoms with Crippen LogP contribution in [0.5, 0.6) is 0 Å². The second-order valence-electron chi connectivity index (χ2n) is 7.68. The second-order valence-corrected chi connectivity index (χ2v) is 7.68. The third-order valence-electron chi connectivity index (χ3n) is 4.45. The molecule has 4 nitrogen and oxygen atoms in total. The van der Waals surface area contributed by atoms with Gasteiger partial charge in [0.15, 0.2) is 0 Å². The molecule has 1 amide bonds. The SMILES string of the molecule is CC(C)(C)OC(=O)N1CCC(=C(c2ccccc2)c2ccc(F)nc2)CC1. The zero-order valence-corrected chi connectivity index (χ0v) is 16.0. The average Bonchev–Trinajstić information content (AvgIpc) is 2.64. The summed E-state index contributed by atoms with van der Waals surface area (Å²) in [6.07, 6.45) is 2.80. The second kappa shape index (κ2) is 7.91. The molecule has 1 fully saturated rings. The fourth-order valence-corrected chi connectivity index (χ4v) is 3.24. The number of piperidine rings is 1. The van der Waals surface area contributed by atoms with Gasteiger partial charge in [-0.2, -0.15) is 4.39 Å². The number of hydrogen-bond donors (Lipinski definition) is 0. The molecule has 0 aliphatic carbocycles. The van der Waals surface area contributed by atoms with Crippen molar-refractivity contribution < 1.29 is 13.9 Å². The van der Waals surface area contributed by atoms with Gasteiger partial charge >= 0.3 is 6.09 Å². The van der Waals surface area contributed by atoms with E-state index in [2.05, 4.69) is 4.98 Å². The van der Waals surface area contributed by atoms with Gasteiger partial charge in [-0.05, 0) is 56.9 Å². The number of benzene rings is 1. The lowest BCUT2D eigenvalue weighted by molar-refractivity contribution is 0.0236. The van der Waals surface area contributed by atoms with Crippen molar-refractivity contribution in [3.05, 3.63) is 71.3 Å². The maximum Gasteiger partial charge on any atom is 0.410 e. The predicted molar refractivity (Wildman–Crippen MR) is 104 cm³/mol. The van der Waals surface area contributed by atoms with Gasteiger partial charge in [-0.15, -0.1) is 0 Å². The fraction of sp³-hybridized carbons (Fsp3) is 0.364. The van der Waals surface area contributed by atoms with E-state index in [-0.39, 0.29) is 6.09 Å². The van der Waals surface area contributed by atoms with E-state index in [1.54, 1.807) is 17.2 Å². The molecule has 1 aliphatic heterocycles. The number of ether oxygens (including phenoxy) is 1. The average molecular weight is 368 g/mol. The van der Waals surface area contributed by atoms with Crippen molar-refractivity contribution in [3.8, 4) is 0 Å². The predicted octanol–water partition coefficient (Wildman–Crippen LogP) is 5.05. The summed E-state index contributed by atoms with van der Waals surface area (Å²) in [5, 5.41) is 0. The highest BCUT2D eigenvalue weighted by Gasteiger charge is 2.26. The Bertz CT molecular complexity index is 814. The number of nitrogens with zero attached hydrogens (tertiary/aromatic N) is 2. The van der Waals surface area contributed by atoms with E-state index in [1.165, 1.54) is 11.6 Å². The van der Waals surface area contributed by atoms with Gasteiger partial charge in [-0.25, -0.2) is 9.78 Å². The number of aromatic nitrogens is 1. The van der Waals surface area contributed by atoms with E-state index < -0.39 is 11.5 Å². The standard InChI is InChI=1S/C22H25FN2O2/c1-22(2,3)27-21(26)25-13-11-17(12-14-25)20(16-7-5-4-6-8-16)18-9-10-19(23)24-15-18/h4-10,15H,11-14H2,1-3H3. The van der Waals surface area contributed by atoms with Crippen LogP contribution < -0.4 is 0 Å². The number of hydrogen-bond acceptors (Lipinski definition) is 3. The number of carbonyl (C=O) groups excluding carboxylic acids is 1. The highest BCUT2D eigenvalue weighted by atomic mass is 19.1. The van der Waals surface area contributed by atoms with Crippen LogP contribution in [0.2, 0.25) is 0 Å². The molecule has 1 saturated heterocycles. The highest BCUT2D eigenvalue weighted by molar-refractivity contribution is 5.82. The maximum atomic E-state index is 13.3. The summed E-state index contributed by atoms with van der Waals surface area (Å²) >= 11 is 0. The zero-order valence-electron chi connectivity index (χ0n) is 16.0. The molecule has 0 saturated carbocycles. The molecule has 27 heavy (non-hydrogen) atoms. The van der Waals surface area contributed by atoms with E-state index in [0.29, 0.717) is 13.1 Å². The first-order valence-electron chi connectivity index (χ1n) is 9.21. The van der Waals surface area contributed by atoms with Crippen LogP contribution in [-0.2, 0) is 4.74 Å². The minimum atomic E-state index is -0.498. The van der Waals surface area contributed by atoms with Crippen molar-refractivity contribution >= 4 is 11.7 Å². The minimum absolute atomic E-state index is 0.272. The van der Waals surface area contributed by atoms with Crippen molar-refractivity contribution in [2.45, 2.75) is 39.2 Å². The summed E-state index contributed by atoms with van der Waals surface area (Å²) in [6, 6.07) is 13.2. The summed E-state index contributed by atoms with van der Waals surface area (Å²) in [7, 11) is 0. The van der Waals surface area contributed by atoms with Crippen LogP contribution in [0, 0.1) is 5.95 Å². The Kier molecular flexibility index (Phi) is 5.59. The molecule has 0 N–H and O–H groups in total. The van der Waals surface area contributed by atoms with Gasteiger partial charge in [0.2, 0.25) is 5.95 Å². The molecule has 142 valence electrons. The third-order valence-corrected chi connectivity index (χ3v) is 4.45. The molecular weight excluding hydrogens is 343 g/mol. The fourth-order valence-electron chi connectivity index (χ4n) is 3.24. The minimum Gasteiger partial charge on any atom is -0.444 e. The van der Waals surface area contributed by atoms with Gasteiger partial charge < -0.3 is 9.64 Å². The highest BCUT2D eigenvalue weighted by Crippen LogP contribution is 2.32. The van der Waals surface area contributed by atoms with Crippen molar-refractivity contribution in [2.75, 3.05) is 13.1 Å². The monoisotopic (exact) mass is 368 g/mol. The van der Waals surface area contributed by atoms with Gasteiger partial charge in [-0.1, -0.05) is 35.9 Å². The Morgan fingerprint density at radius 2 is 1.70 bits per heavy atom. The molecule has 2 heterocycles. The lowest BCUT2D eigenvalue weighted by atomic mass is 9.89. The van der Waals surface area contributed by atoms with Crippen LogP contribution in [0.1, 0.15) is 44.7 Å². The van der Waals surface area contributed by atoms with E-state index in [1.807, 2.05) is 51.1 Å². The van der Waals surface area contributed by atoms with Crippen LogP contribution >= 0.6 is 0 Å². The van der Waals surface area contributed by atoms with Gasteiger partial charge in [0.1, 0.15) is 5.60 Å². The molecule has 2 aromatic rings. The largest absolute Gasteiger partial charge is 0.444 e. The van der Waals surface area contributed by atoms with Crippen LogP contribution in [0.25, 0.3) is 5.57 Å². The van der Waals surface area contributed by atoms with Crippen LogP contribution in [0.3, 0.4) is 0 Å². The molecule has 3 rings (SSSR count). The van der Waals surface area contributed by atoms with Crippen molar-refractivity contribution in [1.82, 2.24) is 9.88 Å². The number of rotatable bonds is 2. The number of carbonyl (C=O) groups is 1. The van der Waals surface area contributed by atoms with Gasteiger partial charge in [-0.3, -0.25) is 0 Å². The Labute approximate surface area is 159 Å². The summed E-state index contributed by atoms with van der Waals surface area (Å²) in [4.78, 5) is 17.9. The third kappa shape index (κ3) is 4.94. The van der Waals surface area contributed by atoms with E-state index in [4.69, 9.17) is 4.74 Å². The van der Waals surface area contributed by atoms with Crippen LogP contribution in [0.15, 0.2) is 54.2 Å². The van der Waals surface area contributed by atoms with Gasteiger partial charge in [0.05, 0.1) is 0 Å². The quantitative estimate of drug-likeness (QED) is 0.696. The topological polar surface area (TPSA) is 42.4 Å². The zero-order chi connectivity index (χ0) is 19.4.